The second kappa shape index (κ2) is 4.61. The van der Waals surface area contributed by atoms with Gasteiger partial charge in [-0.1, -0.05) is 36.8 Å². The van der Waals surface area contributed by atoms with Gasteiger partial charge in [0.25, 0.3) is 0 Å². The van der Waals surface area contributed by atoms with Crippen LogP contribution in [0.25, 0.3) is 0 Å². The zero-order valence-corrected chi connectivity index (χ0v) is 10.1. The summed E-state index contributed by atoms with van der Waals surface area (Å²) < 4.78 is 0. The minimum atomic E-state index is 0.222. The van der Waals surface area contributed by atoms with Crippen LogP contribution in [0.15, 0.2) is 30.3 Å². The number of carbonyl (C=O) groups excluding carboxylic acids is 1. The van der Waals surface area contributed by atoms with Gasteiger partial charge in [-0.05, 0) is 18.4 Å². The lowest BCUT2D eigenvalue weighted by Gasteiger charge is -2.20. The van der Waals surface area contributed by atoms with Gasteiger partial charge in [0.15, 0.2) is 0 Å². The van der Waals surface area contributed by atoms with Crippen molar-refractivity contribution in [1.29, 1.82) is 0 Å². The Morgan fingerprint density at radius 2 is 1.94 bits per heavy atom. The van der Waals surface area contributed by atoms with Crippen LogP contribution in [0.5, 0.6) is 0 Å². The molecule has 0 unspecified atom stereocenters. The van der Waals surface area contributed by atoms with Crippen LogP contribution in [-0.2, 0) is 4.79 Å². The summed E-state index contributed by atoms with van der Waals surface area (Å²) in [5, 5.41) is 3.56. The van der Waals surface area contributed by atoms with Crippen LogP contribution >= 0.6 is 0 Å². The maximum absolute atomic E-state index is 12.2. The molecule has 3 rings (SSSR count). The maximum atomic E-state index is 12.2. The zero-order valence-electron chi connectivity index (χ0n) is 10.1. The summed E-state index contributed by atoms with van der Waals surface area (Å²) in [7, 11) is 0. The van der Waals surface area contributed by atoms with Gasteiger partial charge in [-0.25, -0.2) is 0 Å². The molecule has 2 aliphatic rings. The molecule has 0 radical (unpaired) electrons. The average molecular weight is 229 g/mol. The molecule has 1 aliphatic heterocycles. The van der Waals surface area contributed by atoms with E-state index in [2.05, 4.69) is 29.6 Å². The molecule has 0 bridgehead atoms. The third-order valence-corrected chi connectivity index (χ3v) is 4.25. The molecule has 3 atom stereocenters. The van der Waals surface area contributed by atoms with Crippen molar-refractivity contribution in [3.8, 4) is 0 Å². The Kier molecular flexibility index (Phi) is 2.98. The van der Waals surface area contributed by atoms with Crippen LogP contribution in [0.4, 0.5) is 0 Å². The first-order chi connectivity index (χ1) is 8.36. The fourth-order valence-corrected chi connectivity index (χ4v) is 3.40. The smallest absolute Gasteiger partial charge is 0.138 e. The molecule has 2 nitrogen and oxygen atoms in total. The summed E-state index contributed by atoms with van der Waals surface area (Å²) in [6.45, 7) is 0.963. The molecule has 0 aromatic heterocycles. The Balaban J connectivity index is 1.89. The standard InChI is InChI=1S/C15H19NO/c17-14-9-5-4-8-13-15(14)12(10-16-13)11-6-2-1-3-7-11/h1-3,6-7,12-13,15-16H,4-5,8-10H2/t12-,13-,15-/m0/s1. The quantitative estimate of drug-likeness (QED) is 0.801. The van der Waals surface area contributed by atoms with Crippen molar-refractivity contribution >= 4 is 5.78 Å². The minimum absolute atomic E-state index is 0.222. The molecular formula is C15H19NO. The van der Waals surface area contributed by atoms with Gasteiger partial charge in [-0.15, -0.1) is 0 Å². The van der Waals surface area contributed by atoms with Crippen LogP contribution in [0.2, 0.25) is 0 Å². The largest absolute Gasteiger partial charge is 0.313 e. The number of hydrogen-bond donors (Lipinski definition) is 1. The number of carbonyl (C=O) groups is 1. The van der Waals surface area contributed by atoms with Gasteiger partial charge in [-0.2, -0.15) is 0 Å². The Hall–Kier alpha value is -1.15. The topological polar surface area (TPSA) is 29.1 Å². The van der Waals surface area contributed by atoms with E-state index >= 15 is 0 Å². The van der Waals surface area contributed by atoms with Crippen LogP contribution in [0.1, 0.15) is 37.2 Å². The van der Waals surface area contributed by atoms with Crippen molar-refractivity contribution in [2.45, 2.75) is 37.6 Å². The van der Waals surface area contributed by atoms with E-state index in [0.717, 1.165) is 19.4 Å². The number of hydrogen-bond acceptors (Lipinski definition) is 2. The molecule has 0 spiro atoms. The first-order valence-corrected chi connectivity index (χ1v) is 6.67. The van der Waals surface area contributed by atoms with E-state index in [1.165, 1.54) is 18.4 Å². The number of Topliss-reactive ketones (excluding diaryl/α,β-unsaturated/α-hetero) is 1. The average Bonchev–Trinajstić information content (AvgIpc) is 2.71. The van der Waals surface area contributed by atoms with Crippen molar-refractivity contribution in [2.75, 3.05) is 6.54 Å². The lowest BCUT2D eigenvalue weighted by molar-refractivity contribution is -0.123. The molecule has 1 heterocycles. The molecule has 17 heavy (non-hydrogen) atoms. The third kappa shape index (κ3) is 2.02. The molecule has 1 saturated heterocycles. The van der Waals surface area contributed by atoms with Crippen LogP contribution in [0.3, 0.4) is 0 Å². The SMILES string of the molecule is O=C1CCCC[C@@H]2NC[C@@H](c3ccccc3)[C@H]12. The van der Waals surface area contributed by atoms with E-state index < -0.39 is 0 Å². The second-order valence-electron chi connectivity index (χ2n) is 5.27. The summed E-state index contributed by atoms with van der Waals surface area (Å²) in [5.74, 6) is 1.10. The fourth-order valence-electron chi connectivity index (χ4n) is 3.40. The molecule has 90 valence electrons. The van der Waals surface area contributed by atoms with Gasteiger partial charge < -0.3 is 5.32 Å². The first-order valence-electron chi connectivity index (χ1n) is 6.67. The van der Waals surface area contributed by atoms with Gasteiger partial charge in [-0.3, -0.25) is 4.79 Å². The monoisotopic (exact) mass is 229 g/mol. The minimum Gasteiger partial charge on any atom is -0.313 e. The molecule has 1 aromatic carbocycles. The van der Waals surface area contributed by atoms with E-state index in [1.807, 2.05) is 6.07 Å². The van der Waals surface area contributed by atoms with Crippen LogP contribution in [0, 0.1) is 5.92 Å². The molecular weight excluding hydrogens is 210 g/mol. The highest BCUT2D eigenvalue weighted by molar-refractivity contribution is 5.83. The predicted molar refractivity (Wildman–Crippen MR) is 67.9 cm³/mol. The second-order valence-corrected chi connectivity index (χ2v) is 5.27. The summed E-state index contributed by atoms with van der Waals surface area (Å²) >= 11 is 0. The van der Waals surface area contributed by atoms with Crippen molar-refractivity contribution in [2.24, 2.45) is 5.92 Å². The lowest BCUT2D eigenvalue weighted by atomic mass is 9.82. The van der Waals surface area contributed by atoms with Gasteiger partial charge in [0.1, 0.15) is 5.78 Å². The summed E-state index contributed by atoms with van der Waals surface area (Å²) in [5.41, 5.74) is 1.32. The summed E-state index contributed by atoms with van der Waals surface area (Å²) in [6, 6.07) is 10.9. The van der Waals surface area contributed by atoms with E-state index in [0.29, 0.717) is 17.7 Å². The predicted octanol–water partition coefficient (Wildman–Crippen LogP) is 2.50. The summed E-state index contributed by atoms with van der Waals surface area (Å²) in [6.07, 6.45) is 4.22. The first kappa shape index (κ1) is 11.0. The van der Waals surface area contributed by atoms with Crippen molar-refractivity contribution in [3.63, 3.8) is 0 Å². The zero-order chi connectivity index (χ0) is 11.7. The maximum Gasteiger partial charge on any atom is 0.138 e. The number of benzene rings is 1. The van der Waals surface area contributed by atoms with Crippen LogP contribution in [-0.4, -0.2) is 18.4 Å². The highest BCUT2D eigenvalue weighted by Crippen LogP contribution is 2.37. The fraction of sp³-hybridized carbons (Fsp3) is 0.533. The number of nitrogens with one attached hydrogen (secondary N) is 1. The molecule has 2 fully saturated rings. The summed E-state index contributed by atoms with van der Waals surface area (Å²) in [4.78, 5) is 12.2. The Bertz CT molecular complexity index is 401. The molecule has 1 saturated carbocycles. The third-order valence-electron chi connectivity index (χ3n) is 4.25. The Morgan fingerprint density at radius 1 is 1.12 bits per heavy atom. The molecule has 1 N–H and O–H groups in total. The Labute approximate surface area is 102 Å². The van der Waals surface area contributed by atoms with Crippen molar-refractivity contribution in [1.82, 2.24) is 5.32 Å². The Morgan fingerprint density at radius 3 is 2.76 bits per heavy atom. The van der Waals surface area contributed by atoms with Crippen molar-refractivity contribution < 1.29 is 4.79 Å². The van der Waals surface area contributed by atoms with Gasteiger partial charge in [0.2, 0.25) is 0 Å². The highest BCUT2D eigenvalue weighted by Gasteiger charge is 2.41. The van der Waals surface area contributed by atoms with E-state index in [4.69, 9.17) is 0 Å². The number of fused-ring (bicyclic) bond motifs is 1. The van der Waals surface area contributed by atoms with Gasteiger partial charge in [0, 0.05) is 30.8 Å². The van der Waals surface area contributed by atoms with Crippen molar-refractivity contribution in [3.05, 3.63) is 35.9 Å². The van der Waals surface area contributed by atoms with Crippen LogP contribution < -0.4 is 5.32 Å². The normalized spacial score (nSPS) is 33.2. The molecule has 1 aromatic rings. The lowest BCUT2D eigenvalue weighted by Crippen LogP contribution is -2.30. The number of ketones is 1. The van der Waals surface area contributed by atoms with E-state index in [1.54, 1.807) is 0 Å². The molecule has 0 amide bonds. The highest BCUT2D eigenvalue weighted by atomic mass is 16.1. The van der Waals surface area contributed by atoms with Gasteiger partial charge >= 0.3 is 0 Å². The number of rotatable bonds is 1. The molecule has 1 aliphatic carbocycles. The van der Waals surface area contributed by atoms with Gasteiger partial charge in [0.05, 0.1) is 0 Å². The van der Waals surface area contributed by atoms with E-state index in [9.17, 15) is 4.79 Å². The van der Waals surface area contributed by atoms with E-state index in [-0.39, 0.29) is 5.92 Å². The molecule has 2 heteroatoms.